The first-order valence-electron chi connectivity index (χ1n) is 6.47. The number of ether oxygens (including phenoxy) is 1. The maximum absolute atomic E-state index is 5.74. The normalized spacial score (nSPS) is 12.4. The number of rotatable bonds is 6. The van der Waals surface area contributed by atoms with Crippen LogP contribution in [-0.4, -0.2) is 17.6 Å². The van der Waals surface area contributed by atoms with Crippen LogP contribution in [0.15, 0.2) is 29.6 Å². The molecule has 1 atom stereocenters. The summed E-state index contributed by atoms with van der Waals surface area (Å²) in [5, 5.41) is 6.62. The summed E-state index contributed by atoms with van der Waals surface area (Å²) in [6.07, 6.45) is 0. The Balaban J connectivity index is 1.72. The Morgan fingerprint density at radius 3 is 2.63 bits per heavy atom. The highest BCUT2D eigenvalue weighted by molar-refractivity contribution is 7.09. The van der Waals surface area contributed by atoms with E-state index in [1.54, 1.807) is 11.3 Å². The van der Waals surface area contributed by atoms with Gasteiger partial charge in [0, 0.05) is 18.0 Å². The first-order valence-corrected chi connectivity index (χ1v) is 7.35. The van der Waals surface area contributed by atoms with Crippen LogP contribution in [0.3, 0.4) is 0 Å². The van der Waals surface area contributed by atoms with E-state index in [0.717, 1.165) is 23.0 Å². The predicted octanol–water partition coefficient (Wildman–Crippen LogP) is 3.32. The largest absolute Gasteiger partial charge is 0.492 e. The van der Waals surface area contributed by atoms with Crippen LogP contribution in [0.2, 0.25) is 0 Å². The fourth-order valence-corrected chi connectivity index (χ4v) is 2.30. The third-order valence-corrected chi connectivity index (χ3v) is 3.64. The molecule has 102 valence electrons. The Hall–Kier alpha value is -1.39. The minimum atomic E-state index is 0.295. The molecule has 0 spiro atoms. The van der Waals surface area contributed by atoms with Crippen LogP contribution in [0.4, 0.5) is 0 Å². The monoisotopic (exact) mass is 276 g/mol. The quantitative estimate of drug-likeness (QED) is 0.879. The Morgan fingerprint density at radius 2 is 2.00 bits per heavy atom. The Morgan fingerprint density at radius 1 is 1.26 bits per heavy atom. The van der Waals surface area contributed by atoms with Crippen LogP contribution < -0.4 is 10.1 Å². The van der Waals surface area contributed by atoms with Crippen molar-refractivity contribution in [1.29, 1.82) is 0 Å². The van der Waals surface area contributed by atoms with Gasteiger partial charge in [-0.3, -0.25) is 0 Å². The summed E-state index contributed by atoms with van der Waals surface area (Å²) in [5.41, 5.74) is 2.35. The van der Waals surface area contributed by atoms with Crippen molar-refractivity contribution in [2.75, 3.05) is 6.61 Å². The van der Waals surface area contributed by atoms with Crippen molar-refractivity contribution in [3.05, 3.63) is 45.9 Å². The molecule has 0 aliphatic rings. The molecule has 2 rings (SSSR count). The lowest BCUT2D eigenvalue weighted by Gasteiger charge is -2.14. The lowest BCUT2D eigenvalue weighted by atomic mass is 10.2. The SMILES string of the molecule is Cc1ccc(OCC(C)NCc2csc(C)n2)cc1. The van der Waals surface area contributed by atoms with Crippen LogP contribution >= 0.6 is 11.3 Å². The van der Waals surface area contributed by atoms with Gasteiger partial charge < -0.3 is 10.1 Å². The smallest absolute Gasteiger partial charge is 0.119 e. The summed E-state index contributed by atoms with van der Waals surface area (Å²) in [7, 11) is 0. The zero-order chi connectivity index (χ0) is 13.7. The van der Waals surface area contributed by atoms with Crippen molar-refractivity contribution in [3.63, 3.8) is 0 Å². The van der Waals surface area contributed by atoms with E-state index in [9.17, 15) is 0 Å². The molecule has 0 saturated carbocycles. The fraction of sp³-hybridized carbons (Fsp3) is 0.400. The Kier molecular flexibility index (Phi) is 4.93. The average molecular weight is 276 g/mol. The number of thiazole rings is 1. The van der Waals surface area contributed by atoms with E-state index < -0.39 is 0 Å². The van der Waals surface area contributed by atoms with Gasteiger partial charge in [-0.2, -0.15) is 0 Å². The number of nitrogens with zero attached hydrogens (tertiary/aromatic N) is 1. The molecule has 1 aromatic carbocycles. The van der Waals surface area contributed by atoms with Crippen molar-refractivity contribution >= 4 is 11.3 Å². The van der Waals surface area contributed by atoms with Crippen molar-refractivity contribution in [3.8, 4) is 5.75 Å². The van der Waals surface area contributed by atoms with E-state index in [1.807, 2.05) is 19.1 Å². The fourth-order valence-electron chi connectivity index (χ4n) is 1.68. The molecule has 1 aromatic heterocycles. The lowest BCUT2D eigenvalue weighted by molar-refractivity contribution is 0.272. The first kappa shape index (κ1) is 14.0. The molecule has 1 heterocycles. The average Bonchev–Trinajstić information content (AvgIpc) is 2.81. The molecule has 3 nitrogen and oxygen atoms in total. The molecule has 0 saturated heterocycles. The standard InChI is InChI=1S/C15H20N2OS/c1-11-4-6-15(7-5-11)18-9-12(2)16-8-14-10-19-13(3)17-14/h4-7,10,12,16H,8-9H2,1-3H3. The predicted molar refractivity (Wildman–Crippen MR) is 79.8 cm³/mol. The minimum absolute atomic E-state index is 0.295. The van der Waals surface area contributed by atoms with E-state index in [2.05, 4.69) is 41.7 Å². The van der Waals surface area contributed by atoms with Gasteiger partial charge in [0.1, 0.15) is 12.4 Å². The number of hydrogen-bond donors (Lipinski definition) is 1. The summed E-state index contributed by atoms with van der Waals surface area (Å²) in [5.74, 6) is 0.920. The first-order chi connectivity index (χ1) is 9.13. The second kappa shape index (κ2) is 6.68. The molecular weight excluding hydrogens is 256 g/mol. The molecular formula is C15H20N2OS. The zero-order valence-corrected chi connectivity index (χ0v) is 12.5. The van der Waals surface area contributed by atoms with E-state index in [-0.39, 0.29) is 0 Å². The van der Waals surface area contributed by atoms with E-state index >= 15 is 0 Å². The van der Waals surface area contributed by atoms with Crippen molar-refractivity contribution in [2.24, 2.45) is 0 Å². The van der Waals surface area contributed by atoms with Crippen LogP contribution in [0.5, 0.6) is 5.75 Å². The highest BCUT2D eigenvalue weighted by Gasteiger charge is 2.04. The molecule has 0 amide bonds. The van der Waals surface area contributed by atoms with Crippen LogP contribution in [-0.2, 0) is 6.54 Å². The summed E-state index contributed by atoms with van der Waals surface area (Å²) in [6, 6.07) is 8.43. The van der Waals surface area contributed by atoms with Gasteiger partial charge in [0.05, 0.1) is 10.7 Å². The van der Waals surface area contributed by atoms with E-state index in [4.69, 9.17) is 4.74 Å². The zero-order valence-electron chi connectivity index (χ0n) is 11.6. The van der Waals surface area contributed by atoms with Gasteiger partial charge in [0.25, 0.3) is 0 Å². The van der Waals surface area contributed by atoms with Crippen molar-refractivity contribution in [1.82, 2.24) is 10.3 Å². The van der Waals surface area contributed by atoms with Crippen LogP contribution in [0.25, 0.3) is 0 Å². The second-order valence-electron chi connectivity index (χ2n) is 4.76. The number of benzene rings is 1. The summed E-state index contributed by atoms with van der Waals surface area (Å²) in [4.78, 5) is 4.43. The number of nitrogens with one attached hydrogen (secondary N) is 1. The van der Waals surface area contributed by atoms with Gasteiger partial charge in [-0.25, -0.2) is 4.98 Å². The minimum Gasteiger partial charge on any atom is -0.492 e. The summed E-state index contributed by atoms with van der Waals surface area (Å²) < 4.78 is 5.74. The number of aromatic nitrogens is 1. The summed E-state index contributed by atoms with van der Waals surface area (Å²) in [6.45, 7) is 7.67. The number of hydrogen-bond acceptors (Lipinski definition) is 4. The van der Waals surface area contributed by atoms with Gasteiger partial charge in [-0.05, 0) is 32.9 Å². The van der Waals surface area contributed by atoms with Gasteiger partial charge in [-0.15, -0.1) is 11.3 Å². The lowest BCUT2D eigenvalue weighted by Crippen LogP contribution is -2.31. The highest BCUT2D eigenvalue weighted by Crippen LogP contribution is 2.12. The van der Waals surface area contributed by atoms with Crippen molar-refractivity contribution in [2.45, 2.75) is 33.4 Å². The molecule has 4 heteroatoms. The molecule has 0 radical (unpaired) electrons. The van der Waals surface area contributed by atoms with E-state index in [0.29, 0.717) is 12.6 Å². The van der Waals surface area contributed by atoms with Crippen molar-refractivity contribution < 1.29 is 4.74 Å². The summed E-state index contributed by atoms with van der Waals surface area (Å²) >= 11 is 1.69. The highest BCUT2D eigenvalue weighted by atomic mass is 32.1. The third-order valence-electron chi connectivity index (χ3n) is 2.82. The molecule has 0 aliphatic heterocycles. The molecule has 1 N–H and O–H groups in total. The van der Waals surface area contributed by atoms with Gasteiger partial charge in [-0.1, -0.05) is 17.7 Å². The number of aryl methyl sites for hydroxylation is 2. The molecule has 0 aliphatic carbocycles. The van der Waals surface area contributed by atoms with Gasteiger partial charge in [0.15, 0.2) is 0 Å². The van der Waals surface area contributed by atoms with E-state index in [1.165, 1.54) is 5.56 Å². The molecule has 2 aromatic rings. The Labute approximate surface area is 118 Å². The molecule has 19 heavy (non-hydrogen) atoms. The maximum atomic E-state index is 5.74. The van der Waals surface area contributed by atoms with Crippen LogP contribution in [0, 0.1) is 13.8 Å². The third kappa shape index (κ3) is 4.65. The van der Waals surface area contributed by atoms with Gasteiger partial charge in [0.2, 0.25) is 0 Å². The molecule has 0 fully saturated rings. The molecule has 1 unspecified atom stereocenters. The topological polar surface area (TPSA) is 34.1 Å². The maximum Gasteiger partial charge on any atom is 0.119 e. The van der Waals surface area contributed by atoms with Crippen LogP contribution in [0.1, 0.15) is 23.2 Å². The Bertz CT molecular complexity index is 507. The van der Waals surface area contributed by atoms with Gasteiger partial charge >= 0.3 is 0 Å². The second-order valence-corrected chi connectivity index (χ2v) is 5.83. The molecule has 0 bridgehead atoms.